The third-order valence-corrected chi connectivity index (χ3v) is 2.13. The Balaban J connectivity index is 2.95. The summed E-state index contributed by atoms with van der Waals surface area (Å²) >= 11 is 0. The van der Waals surface area contributed by atoms with Crippen LogP contribution in [-0.2, 0) is 0 Å². The molecule has 0 amide bonds. The lowest BCUT2D eigenvalue weighted by atomic mass is 10.0. The fourth-order valence-electron chi connectivity index (χ4n) is 1.46. The summed E-state index contributed by atoms with van der Waals surface area (Å²) in [4.78, 5) is 0. The zero-order valence-electron chi connectivity index (χ0n) is 7.12. The number of benzene rings is 2. The average molecular weight is 166 g/mol. The minimum atomic E-state index is 0.711. The fraction of sp³-hybridized carbons (Fsp3) is 0. The molecule has 1 heteroatoms. The summed E-state index contributed by atoms with van der Waals surface area (Å²) in [5.74, 6) is 0. The molecule has 0 aromatic heterocycles. The molecule has 13 heavy (non-hydrogen) atoms. The standard InChI is InChI=1S/C12H8N/c1-9-6-7-10(8-13)12-5-3-2-4-11(9)12/h2-7H,1H2. The van der Waals surface area contributed by atoms with Gasteiger partial charge in [0.05, 0.1) is 11.6 Å². The number of fused-ring (bicyclic) bond motifs is 1. The van der Waals surface area contributed by atoms with Crippen LogP contribution in [0, 0.1) is 18.3 Å². The van der Waals surface area contributed by atoms with E-state index in [1.54, 1.807) is 0 Å². The van der Waals surface area contributed by atoms with Crippen molar-refractivity contribution in [3.8, 4) is 6.07 Å². The molecule has 0 heterocycles. The van der Waals surface area contributed by atoms with Crippen LogP contribution in [0.25, 0.3) is 10.8 Å². The van der Waals surface area contributed by atoms with Crippen molar-refractivity contribution in [3.05, 3.63) is 54.4 Å². The normalized spacial score (nSPS) is 9.85. The van der Waals surface area contributed by atoms with Gasteiger partial charge >= 0.3 is 0 Å². The summed E-state index contributed by atoms with van der Waals surface area (Å²) in [6.45, 7) is 3.91. The highest BCUT2D eigenvalue weighted by atomic mass is 14.2. The highest BCUT2D eigenvalue weighted by Crippen LogP contribution is 2.21. The van der Waals surface area contributed by atoms with Crippen molar-refractivity contribution in [1.29, 1.82) is 5.26 Å². The van der Waals surface area contributed by atoms with E-state index in [1.165, 1.54) is 0 Å². The van der Waals surface area contributed by atoms with Crippen molar-refractivity contribution in [2.24, 2.45) is 0 Å². The maximum Gasteiger partial charge on any atom is 0.0998 e. The smallest absolute Gasteiger partial charge is 0.0998 e. The van der Waals surface area contributed by atoms with Gasteiger partial charge in [-0.25, -0.2) is 0 Å². The minimum Gasteiger partial charge on any atom is -0.192 e. The Kier molecular flexibility index (Phi) is 1.75. The Labute approximate surface area is 77.2 Å². The van der Waals surface area contributed by atoms with Crippen molar-refractivity contribution in [2.45, 2.75) is 0 Å². The molecule has 61 valence electrons. The lowest BCUT2D eigenvalue weighted by Crippen LogP contribution is -1.82. The Bertz CT molecular complexity index is 492. The highest BCUT2D eigenvalue weighted by molar-refractivity contribution is 5.90. The Hall–Kier alpha value is -1.81. The van der Waals surface area contributed by atoms with E-state index in [9.17, 15) is 0 Å². The third-order valence-electron chi connectivity index (χ3n) is 2.13. The van der Waals surface area contributed by atoms with Crippen LogP contribution in [0.1, 0.15) is 11.1 Å². The third kappa shape index (κ3) is 1.17. The molecule has 0 aliphatic heterocycles. The van der Waals surface area contributed by atoms with Gasteiger partial charge in [0.1, 0.15) is 0 Å². The number of hydrogen-bond donors (Lipinski definition) is 0. The molecule has 2 aromatic carbocycles. The Morgan fingerprint density at radius 3 is 2.38 bits per heavy atom. The summed E-state index contributed by atoms with van der Waals surface area (Å²) in [6.07, 6.45) is 0. The number of rotatable bonds is 0. The van der Waals surface area contributed by atoms with E-state index in [0.717, 1.165) is 16.3 Å². The molecule has 0 aliphatic rings. The summed E-state index contributed by atoms with van der Waals surface area (Å²) in [7, 11) is 0. The predicted octanol–water partition coefficient (Wildman–Crippen LogP) is 2.89. The molecule has 0 saturated heterocycles. The van der Waals surface area contributed by atoms with Crippen molar-refractivity contribution >= 4 is 10.8 Å². The van der Waals surface area contributed by atoms with Gasteiger partial charge in [-0.05, 0) is 29.3 Å². The second-order valence-electron chi connectivity index (χ2n) is 2.93. The van der Waals surface area contributed by atoms with Gasteiger partial charge in [-0.3, -0.25) is 0 Å². The molecular formula is C12H8N. The molecule has 0 fully saturated rings. The van der Waals surface area contributed by atoms with Gasteiger partial charge in [-0.1, -0.05) is 30.3 Å². The zero-order chi connectivity index (χ0) is 9.26. The predicted molar refractivity (Wildman–Crippen MR) is 53.1 cm³/mol. The second-order valence-corrected chi connectivity index (χ2v) is 2.93. The van der Waals surface area contributed by atoms with Crippen LogP contribution >= 0.6 is 0 Å². The highest BCUT2D eigenvalue weighted by Gasteiger charge is 2.00. The minimum absolute atomic E-state index is 0.711. The Morgan fingerprint density at radius 2 is 1.69 bits per heavy atom. The first-order valence-electron chi connectivity index (χ1n) is 4.07. The maximum atomic E-state index is 8.86. The van der Waals surface area contributed by atoms with E-state index in [-0.39, 0.29) is 0 Å². The molecule has 0 aliphatic carbocycles. The van der Waals surface area contributed by atoms with Crippen LogP contribution in [0.3, 0.4) is 0 Å². The van der Waals surface area contributed by atoms with Gasteiger partial charge < -0.3 is 0 Å². The summed E-state index contributed by atoms with van der Waals surface area (Å²) < 4.78 is 0. The van der Waals surface area contributed by atoms with Crippen LogP contribution in [0.4, 0.5) is 0 Å². The van der Waals surface area contributed by atoms with Gasteiger partial charge in [0.2, 0.25) is 0 Å². The van der Waals surface area contributed by atoms with Gasteiger partial charge in [-0.2, -0.15) is 5.26 Å². The quantitative estimate of drug-likeness (QED) is 0.590. The van der Waals surface area contributed by atoms with E-state index in [4.69, 9.17) is 5.26 Å². The second kappa shape index (κ2) is 2.91. The van der Waals surface area contributed by atoms with Gasteiger partial charge in [-0.15, -0.1) is 0 Å². The number of nitrogens with zero attached hydrogens (tertiary/aromatic N) is 1. The molecule has 0 N–H and O–H groups in total. The average Bonchev–Trinajstić information content (AvgIpc) is 2.19. The Morgan fingerprint density at radius 1 is 1.00 bits per heavy atom. The maximum absolute atomic E-state index is 8.86. The molecule has 0 saturated carbocycles. The summed E-state index contributed by atoms with van der Waals surface area (Å²) in [6, 6.07) is 13.7. The van der Waals surface area contributed by atoms with E-state index in [2.05, 4.69) is 13.0 Å². The van der Waals surface area contributed by atoms with Crippen LogP contribution in [-0.4, -0.2) is 0 Å². The lowest BCUT2D eigenvalue weighted by molar-refractivity contribution is 1.50. The molecule has 0 atom stereocenters. The summed E-state index contributed by atoms with van der Waals surface area (Å²) in [5, 5.41) is 10.9. The zero-order valence-corrected chi connectivity index (χ0v) is 7.12. The van der Waals surface area contributed by atoms with Gasteiger partial charge in [0.15, 0.2) is 0 Å². The van der Waals surface area contributed by atoms with Crippen LogP contribution in [0.2, 0.25) is 0 Å². The molecule has 1 radical (unpaired) electrons. The van der Waals surface area contributed by atoms with Crippen molar-refractivity contribution in [3.63, 3.8) is 0 Å². The van der Waals surface area contributed by atoms with E-state index in [1.807, 2.05) is 36.4 Å². The topological polar surface area (TPSA) is 23.8 Å². The molecule has 0 bridgehead atoms. The van der Waals surface area contributed by atoms with Crippen molar-refractivity contribution in [1.82, 2.24) is 0 Å². The van der Waals surface area contributed by atoms with Gasteiger partial charge in [0, 0.05) is 0 Å². The number of hydrogen-bond acceptors (Lipinski definition) is 1. The van der Waals surface area contributed by atoms with Crippen LogP contribution in [0.15, 0.2) is 36.4 Å². The monoisotopic (exact) mass is 166 g/mol. The van der Waals surface area contributed by atoms with Crippen molar-refractivity contribution in [2.75, 3.05) is 0 Å². The molecular weight excluding hydrogens is 158 g/mol. The molecule has 0 spiro atoms. The SMILES string of the molecule is [CH2]c1ccc(C#N)c2ccccc12. The van der Waals surface area contributed by atoms with E-state index in [0.29, 0.717) is 5.56 Å². The first-order chi connectivity index (χ1) is 6.33. The molecule has 1 nitrogen and oxygen atoms in total. The fourth-order valence-corrected chi connectivity index (χ4v) is 1.46. The first-order valence-corrected chi connectivity index (χ1v) is 4.07. The molecule has 2 aromatic rings. The van der Waals surface area contributed by atoms with Crippen molar-refractivity contribution < 1.29 is 0 Å². The summed E-state index contributed by atoms with van der Waals surface area (Å²) in [5.41, 5.74) is 1.68. The van der Waals surface area contributed by atoms with E-state index >= 15 is 0 Å². The first kappa shape index (κ1) is 7.82. The van der Waals surface area contributed by atoms with Crippen LogP contribution in [0.5, 0.6) is 0 Å². The largest absolute Gasteiger partial charge is 0.192 e. The lowest BCUT2D eigenvalue weighted by Gasteiger charge is -2.02. The van der Waals surface area contributed by atoms with E-state index < -0.39 is 0 Å². The van der Waals surface area contributed by atoms with Crippen LogP contribution < -0.4 is 0 Å². The number of nitriles is 1. The van der Waals surface area contributed by atoms with Gasteiger partial charge in [0.25, 0.3) is 0 Å². The molecule has 2 rings (SSSR count). The molecule has 0 unspecified atom stereocenters.